The molecule has 5 heterocycles. The molecule has 0 saturated carbocycles. The summed E-state index contributed by atoms with van der Waals surface area (Å²) in [6.45, 7) is 7.93. The molecule has 46 heavy (non-hydrogen) atoms. The number of hydrogen-bond donors (Lipinski definition) is 1. The minimum atomic E-state index is -1.87. The first-order valence-electron chi connectivity index (χ1n) is 16.0. The van der Waals surface area contributed by atoms with Crippen molar-refractivity contribution in [3.05, 3.63) is 51.3 Å². The number of aromatic nitrogens is 2. The molecule has 12 nitrogen and oxygen atoms in total. The molecule has 1 N–H and O–H groups in total. The summed E-state index contributed by atoms with van der Waals surface area (Å²) < 4.78 is 13.2. The second-order valence-electron chi connectivity index (χ2n) is 12.2. The van der Waals surface area contributed by atoms with Gasteiger partial charge in [-0.1, -0.05) is 32.8 Å². The molecule has 3 aliphatic rings. The molecule has 0 spiro atoms. The van der Waals surface area contributed by atoms with Crippen LogP contribution < -0.4 is 15.8 Å². The maximum atomic E-state index is 14.2. The predicted octanol–water partition coefficient (Wildman–Crippen LogP) is 3.76. The van der Waals surface area contributed by atoms with Crippen molar-refractivity contribution in [3.8, 4) is 11.4 Å². The van der Waals surface area contributed by atoms with Gasteiger partial charge in [-0.25, -0.2) is 19.6 Å². The van der Waals surface area contributed by atoms with Crippen LogP contribution in [0.25, 0.3) is 22.3 Å². The number of nitrogens with zero attached hydrogens (tertiary/aromatic N) is 5. The van der Waals surface area contributed by atoms with Crippen LogP contribution in [0.2, 0.25) is 0 Å². The van der Waals surface area contributed by atoms with Crippen molar-refractivity contribution in [1.82, 2.24) is 19.8 Å². The highest BCUT2D eigenvalue weighted by Crippen LogP contribution is 2.47. The molecule has 0 saturated heterocycles. The Hall–Kier alpha value is -4.58. The molecular formula is C34H40N6O6. The number of esters is 2. The van der Waals surface area contributed by atoms with Crippen molar-refractivity contribution >= 4 is 46.5 Å². The van der Waals surface area contributed by atoms with E-state index in [4.69, 9.17) is 19.5 Å². The van der Waals surface area contributed by atoms with Gasteiger partial charge in [0, 0.05) is 24.7 Å². The highest BCUT2D eigenvalue weighted by molar-refractivity contribution is 6.11. The quantitative estimate of drug-likeness (QED) is 0.206. The van der Waals surface area contributed by atoms with Crippen LogP contribution in [0.3, 0.4) is 0 Å². The maximum Gasteiger partial charge on any atom is 0.355 e. The molecule has 3 aromatic rings. The summed E-state index contributed by atoms with van der Waals surface area (Å²) in [4.78, 5) is 67.2. The Morgan fingerprint density at radius 1 is 1.17 bits per heavy atom. The molecule has 2 aromatic heterocycles. The molecular weight excluding hydrogens is 588 g/mol. The summed E-state index contributed by atoms with van der Waals surface area (Å²) >= 11 is 0. The summed E-state index contributed by atoms with van der Waals surface area (Å²) in [5.74, 6) is -1.85. The molecule has 2 unspecified atom stereocenters. The number of anilines is 1. The summed E-state index contributed by atoms with van der Waals surface area (Å²) in [5.41, 5.74) is 3.02. The lowest BCUT2D eigenvalue weighted by atomic mass is 9.85. The van der Waals surface area contributed by atoms with Crippen LogP contribution in [0.4, 0.5) is 11.4 Å². The first-order valence-corrected chi connectivity index (χ1v) is 16.0. The fraction of sp³-hybridized carbons (Fsp3) is 0.471. The van der Waals surface area contributed by atoms with Crippen LogP contribution in [-0.2, 0) is 42.6 Å². The SMILES string of the molecule is CCCCCN1C=Nc2cccc3nc4c(c1c23)Cn1c-4cc2c(c1=O)COC(=O)[C@@]2(CC)OC(=O)C(C)N(C)C(=O)C(C)NC. The zero-order chi connectivity index (χ0) is 32.9. The maximum absolute atomic E-state index is 14.2. The first kappa shape index (κ1) is 31.4. The van der Waals surface area contributed by atoms with Gasteiger partial charge in [0.25, 0.3) is 5.56 Å². The fourth-order valence-electron chi connectivity index (χ4n) is 6.60. The first-order chi connectivity index (χ1) is 22.1. The number of aliphatic imine (C=N–C) groups is 1. The van der Waals surface area contributed by atoms with Crippen molar-refractivity contribution in [2.75, 3.05) is 25.5 Å². The number of nitrogens with one attached hydrogen (secondary N) is 1. The lowest BCUT2D eigenvalue weighted by Gasteiger charge is -2.37. The summed E-state index contributed by atoms with van der Waals surface area (Å²) in [6, 6.07) is 6.05. The fourth-order valence-corrected chi connectivity index (χ4v) is 6.60. The normalized spacial score (nSPS) is 18.8. The molecule has 0 radical (unpaired) electrons. The lowest BCUT2D eigenvalue weighted by Crippen LogP contribution is -2.52. The average Bonchev–Trinajstić information content (AvgIpc) is 3.44. The third kappa shape index (κ3) is 4.77. The number of amides is 1. The van der Waals surface area contributed by atoms with Crippen LogP contribution >= 0.6 is 0 Å². The number of likely N-dealkylation sites (N-methyl/N-ethyl adjacent to an activating group) is 2. The van der Waals surface area contributed by atoms with Crippen LogP contribution in [-0.4, -0.2) is 71.4 Å². The number of ether oxygens (including phenoxy) is 2. The van der Waals surface area contributed by atoms with E-state index in [-0.39, 0.29) is 30.1 Å². The van der Waals surface area contributed by atoms with Gasteiger partial charge >= 0.3 is 11.9 Å². The topological polar surface area (TPSA) is 135 Å². The largest absolute Gasteiger partial charge is 0.457 e. The van der Waals surface area contributed by atoms with Crippen molar-refractivity contribution in [3.63, 3.8) is 0 Å². The summed E-state index contributed by atoms with van der Waals surface area (Å²) in [7, 11) is 3.16. The highest BCUT2D eigenvalue weighted by Gasteiger charge is 2.51. The van der Waals surface area contributed by atoms with Crippen LogP contribution in [0.1, 0.15) is 70.1 Å². The number of hydrogen-bond acceptors (Lipinski definition) is 10. The molecule has 3 aliphatic heterocycles. The van der Waals surface area contributed by atoms with E-state index in [9.17, 15) is 19.2 Å². The summed E-state index contributed by atoms with van der Waals surface area (Å²) in [5, 5.41) is 3.81. The zero-order valence-corrected chi connectivity index (χ0v) is 27.2. The molecule has 242 valence electrons. The second kappa shape index (κ2) is 12.0. The zero-order valence-electron chi connectivity index (χ0n) is 27.2. The number of carbonyl (C=O) groups is 3. The van der Waals surface area contributed by atoms with Gasteiger partial charge < -0.3 is 29.2 Å². The third-order valence-corrected chi connectivity index (χ3v) is 9.60. The van der Waals surface area contributed by atoms with Crippen molar-refractivity contribution < 1.29 is 23.9 Å². The number of fused-ring (bicyclic) bond motifs is 5. The van der Waals surface area contributed by atoms with Gasteiger partial charge in [0.2, 0.25) is 11.5 Å². The van der Waals surface area contributed by atoms with E-state index in [1.54, 1.807) is 38.5 Å². The lowest BCUT2D eigenvalue weighted by molar-refractivity contribution is -0.192. The van der Waals surface area contributed by atoms with Crippen molar-refractivity contribution in [2.24, 2.45) is 4.99 Å². The highest BCUT2D eigenvalue weighted by atomic mass is 16.6. The van der Waals surface area contributed by atoms with Crippen molar-refractivity contribution in [2.45, 2.75) is 84.2 Å². The van der Waals surface area contributed by atoms with Gasteiger partial charge in [-0.15, -0.1) is 0 Å². The van der Waals surface area contributed by atoms with Gasteiger partial charge in [0.1, 0.15) is 12.6 Å². The Morgan fingerprint density at radius 2 is 1.96 bits per heavy atom. The Morgan fingerprint density at radius 3 is 2.67 bits per heavy atom. The van der Waals surface area contributed by atoms with Crippen molar-refractivity contribution in [1.29, 1.82) is 0 Å². The number of unbranched alkanes of at least 4 members (excludes halogenated alkanes) is 2. The van der Waals surface area contributed by atoms with E-state index in [1.807, 2.05) is 24.5 Å². The van der Waals surface area contributed by atoms with E-state index in [2.05, 4.69) is 17.1 Å². The third-order valence-electron chi connectivity index (χ3n) is 9.60. The standard InChI is InChI=1S/C34H40N6O6/c1-7-9-10-14-39-18-36-24-12-11-13-25-27(24)29(39)21-16-40-26(28(21)37-25)15-23-22(31(40)42)17-45-33(44)34(23,8-2)46-32(43)20(4)38(6)30(41)19(3)35-5/h11-13,15,18-20,35H,7-10,14,16-17H2,1-6H3/t19?,20?,34-/m0/s1. The Labute approximate surface area is 267 Å². The smallest absolute Gasteiger partial charge is 0.355 e. The number of benzene rings is 1. The molecule has 6 rings (SSSR count). The Balaban J connectivity index is 1.46. The molecule has 0 bridgehead atoms. The van der Waals surface area contributed by atoms with Gasteiger partial charge in [-0.2, -0.15) is 0 Å². The molecule has 0 aliphatic carbocycles. The van der Waals surface area contributed by atoms with Crippen LogP contribution in [0, 0.1) is 0 Å². The molecule has 3 atom stereocenters. The van der Waals surface area contributed by atoms with E-state index in [0.717, 1.165) is 53.6 Å². The van der Waals surface area contributed by atoms with E-state index in [1.165, 1.54) is 11.9 Å². The van der Waals surface area contributed by atoms with E-state index >= 15 is 0 Å². The Bertz CT molecular complexity index is 1850. The molecule has 12 heteroatoms. The molecule has 1 amide bonds. The van der Waals surface area contributed by atoms with Gasteiger partial charge in [-0.3, -0.25) is 9.59 Å². The number of rotatable bonds is 10. The number of cyclic esters (lactones) is 1. The monoisotopic (exact) mass is 628 g/mol. The van der Waals surface area contributed by atoms with E-state index < -0.39 is 29.6 Å². The summed E-state index contributed by atoms with van der Waals surface area (Å²) in [6.07, 6.45) is 5.04. The van der Waals surface area contributed by atoms with Crippen LogP contribution in [0.15, 0.2) is 34.1 Å². The average molecular weight is 629 g/mol. The number of carbonyl (C=O) groups excluding carboxylic acids is 3. The Kier molecular flexibility index (Phi) is 8.18. The van der Waals surface area contributed by atoms with Gasteiger partial charge in [0.05, 0.1) is 58.2 Å². The predicted molar refractivity (Wildman–Crippen MR) is 174 cm³/mol. The van der Waals surface area contributed by atoms with Crippen LogP contribution in [0.5, 0.6) is 0 Å². The molecule has 1 aromatic carbocycles. The van der Waals surface area contributed by atoms with E-state index in [0.29, 0.717) is 23.5 Å². The van der Waals surface area contributed by atoms with Gasteiger partial charge in [-0.05, 0) is 51.9 Å². The number of pyridine rings is 2. The minimum Gasteiger partial charge on any atom is -0.457 e. The van der Waals surface area contributed by atoms with Gasteiger partial charge in [0.15, 0.2) is 0 Å². The minimum absolute atomic E-state index is 0.0268. The molecule has 0 fully saturated rings. The second-order valence-corrected chi connectivity index (χ2v) is 12.2.